The number of anilines is 6. The summed E-state index contributed by atoms with van der Waals surface area (Å²) in [6, 6.07) is 48.5. The molecule has 6 aromatic rings. The standard InChI is InChI=1S/C36H33N7/c1-4-13-28(14-5-1)37-34-22-10-19-31(40-34)25-43(26-32-20-11-23-35(41-32)38-29-15-6-2-7-16-29)27-33-21-12-24-36(42-33)39-30-17-8-3-9-18-30/h1-24H,25-27H2,(H,37,40)(H,38,41)(H,39,42). The molecule has 3 heterocycles. The van der Waals surface area contributed by atoms with Crippen molar-refractivity contribution in [2.75, 3.05) is 16.0 Å². The van der Waals surface area contributed by atoms with E-state index in [0.717, 1.165) is 51.6 Å². The largest absolute Gasteiger partial charge is 0.340 e. The predicted octanol–water partition coefficient (Wildman–Crippen LogP) is 8.30. The molecule has 0 unspecified atom stereocenters. The number of nitrogens with one attached hydrogen (secondary N) is 3. The molecule has 3 aromatic heterocycles. The Morgan fingerprint density at radius 2 is 0.651 bits per heavy atom. The van der Waals surface area contributed by atoms with Gasteiger partial charge in [-0.05, 0) is 72.8 Å². The number of aromatic nitrogens is 3. The molecule has 0 aliphatic carbocycles. The maximum absolute atomic E-state index is 4.92. The van der Waals surface area contributed by atoms with Gasteiger partial charge in [0.1, 0.15) is 17.5 Å². The van der Waals surface area contributed by atoms with Gasteiger partial charge in [-0.3, -0.25) is 4.90 Å². The first kappa shape index (κ1) is 27.6. The first-order valence-electron chi connectivity index (χ1n) is 14.3. The van der Waals surface area contributed by atoms with Crippen LogP contribution in [-0.2, 0) is 19.6 Å². The normalized spacial score (nSPS) is 10.8. The van der Waals surface area contributed by atoms with E-state index in [1.54, 1.807) is 0 Å². The summed E-state index contributed by atoms with van der Waals surface area (Å²) in [7, 11) is 0. The van der Waals surface area contributed by atoms with Crippen molar-refractivity contribution < 1.29 is 0 Å². The number of pyridine rings is 3. The van der Waals surface area contributed by atoms with Crippen LogP contribution in [0.5, 0.6) is 0 Å². The SMILES string of the molecule is c1ccc(Nc2cccc(CN(Cc3cccc(Nc4ccccc4)n3)Cc3cccc(Nc4ccccc4)n3)n2)cc1. The zero-order chi connectivity index (χ0) is 29.1. The molecule has 0 saturated heterocycles. The summed E-state index contributed by atoms with van der Waals surface area (Å²) in [5.74, 6) is 2.43. The molecule has 43 heavy (non-hydrogen) atoms. The van der Waals surface area contributed by atoms with E-state index < -0.39 is 0 Å². The van der Waals surface area contributed by atoms with Gasteiger partial charge in [-0.1, -0.05) is 72.8 Å². The van der Waals surface area contributed by atoms with E-state index >= 15 is 0 Å². The fourth-order valence-corrected chi connectivity index (χ4v) is 4.77. The van der Waals surface area contributed by atoms with E-state index in [9.17, 15) is 0 Å². The molecular weight excluding hydrogens is 530 g/mol. The van der Waals surface area contributed by atoms with Crippen LogP contribution in [0.4, 0.5) is 34.5 Å². The molecule has 212 valence electrons. The monoisotopic (exact) mass is 563 g/mol. The molecule has 7 heteroatoms. The van der Waals surface area contributed by atoms with Crippen LogP contribution >= 0.6 is 0 Å². The second-order valence-corrected chi connectivity index (χ2v) is 10.2. The first-order chi connectivity index (χ1) is 21.2. The summed E-state index contributed by atoms with van der Waals surface area (Å²) in [6.45, 7) is 1.88. The Kier molecular flexibility index (Phi) is 8.93. The molecule has 0 saturated carbocycles. The van der Waals surface area contributed by atoms with Crippen molar-refractivity contribution in [2.24, 2.45) is 0 Å². The maximum Gasteiger partial charge on any atom is 0.130 e. The van der Waals surface area contributed by atoms with Crippen molar-refractivity contribution >= 4 is 34.5 Å². The van der Waals surface area contributed by atoms with Gasteiger partial charge in [0.15, 0.2) is 0 Å². The molecule has 0 aliphatic rings. The molecule has 0 aliphatic heterocycles. The molecule has 6 rings (SSSR count). The summed E-state index contributed by atoms with van der Waals surface area (Å²) in [4.78, 5) is 17.1. The van der Waals surface area contributed by atoms with Gasteiger partial charge in [0.2, 0.25) is 0 Å². The molecule has 0 bridgehead atoms. The number of hydrogen-bond acceptors (Lipinski definition) is 7. The Morgan fingerprint density at radius 1 is 0.349 bits per heavy atom. The number of nitrogens with zero attached hydrogens (tertiary/aromatic N) is 4. The van der Waals surface area contributed by atoms with Gasteiger partial charge >= 0.3 is 0 Å². The zero-order valence-corrected chi connectivity index (χ0v) is 23.8. The van der Waals surface area contributed by atoms with E-state index in [1.165, 1.54) is 0 Å². The average molecular weight is 564 g/mol. The van der Waals surface area contributed by atoms with Crippen LogP contribution < -0.4 is 16.0 Å². The highest BCUT2D eigenvalue weighted by Gasteiger charge is 2.13. The Labute approximate surface area is 252 Å². The summed E-state index contributed by atoms with van der Waals surface area (Å²) >= 11 is 0. The molecule has 0 radical (unpaired) electrons. The zero-order valence-electron chi connectivity index (χ0n) is 23.8. The highest BCUT2D eigenvalue weighted by Crippen LogP contribution is 2.20. The maximum atomic E-state index is 4.92. The fourth-order valence-electron chi connectivity index (χ4n) is 4.77. The smallest absolute Gasteiger partial charge is 0.130 e. The van der Waals surface area contributed by atoms with Gasteiger partial charge < -0.3 is 16.0 Å². The Hall–Kier alpha value is -5.53. The van der Waals surface area contributed by atoms with E-state index in [1.807, 2.05) is 127 Å². The van der Waals surface area contributed by atoms with Crippen LogP contribution in [0.1, 0.15) is 17.1 Å². The van der Waals surface area contributed by atoms with Gasteiger partial charge in [0.05, 0.1) is 17.1 Å². The summed E-state index contributed by atoms with van der Waals surface area (Å²) in [6.07, 6.45) is 0. The van der Waals surface area contributed by atoms with Crippen molar-refractivity contribution in [3.63, 3.8) is 0 Å². The minimum absolute atomic E-state index is 0.625. The van der Waals surface area contributed by atoms with Crippen LogP contribution in [0.15, 0.2) is 146 Å². The Balaban J connectivity index is 1.23. The van der Waals surface area contributed by atoms with Gasteiger partial charge in [0, 0.05) is 36.7 Å². The third-order valence-electron chi connectivity index (χ3n) is 6.72. The first-order valence-corrected chi connectivity index (χ1v) is 14.3. The summed E-state index contributed by atoms with van der Waals surface area (Å²) < 4.78 is 0. The van der Waals surface area contributed by atoms with Crippen molar-refractivity contribution in [3.8, 4) is 0 Å². The third kappa shape index (κ3) is 8.25. The molecule has 3 aromatic carbocycles. The van der Waals surface area contributed by atoms with Gasteiger partial charge in [-0.25, -0.2) is 15.0 Å². The summed E-state index contributed by atoms with van der Waals surface area (Å²) in [5.41, 5.74) is 5.88. The molecule has 0 amide bonds. The summed E-state index contributed by atoms with van der Waals surface area (Å²) in [5, 5.41) is 10.2. The minimum Gasteiger partial charge on any atom is -0.340 e. The van der Waals surface area contributed by atoms with E-state index in [-0.39, 0.29) is 0 Å². The van der Waals surface area contributed by atoms with Crippen LogP contribution in [0.25, 0.3) is 0 Å². The minimum atomic E-state index is 0.625. The van der Waals surface area contributed by atoms with Gasteiger partial charge in [-0.15, -0.1) is 0 Å². The topological polar surface area (TPSA) is 78.0 Å². The van der Waals surface area contributed by atoms with Crippen molar-refractivity contribution in [1.82, 2.24) is 19.9 Å². The van der Waals surface area contributed by atoms with Gasteiger partial charge in [0.25, 0.3) is 0 Å². The Morgan fingerprint density at radius 3 is 0.953 bits per heavy atom. The molecule has 0 spiro atoms. The number of para-hydroxylation sites is 3. The number of benzene rings is 3. The van der Waals surface area contributed by atoms with E-state index in [0.29, 0.717) is 19.6 Å². The number of rotatable bonds is 12. The van der Waals surface area contributed by atoms with E-state index in [2.05, 4.69) is 39.0 Å². The quantitative estimate of drug-likeness (QED) is 0.138. The lowest BCUT2D eigenvalue weighted by Gasteiger charge is -2.22. The highest BCUT2D eigenvalue weighted by atomic mass is 15.2. The molecule has 0 fully saturated rings. The van der Waals surface area contributed by atoms with Crippen molar-refractivity contribution in [1.29, 1.82) is 0 Å². The predicted molar refractivity (Wildman–Crippen MR) is 175 cm³/mol. The molecule has 0 atom stereocenters. The molecule has 3 N–H and O–H groups in total. The number of hydrogen-bond donors (Lipinski definition) is 3. The second-order valence-electron chi connectivity index (χ2n) is 10.2. The average Bonchev–Trinajstić information content (AvgIpc) is 3.03. The lowest BCUT2D eigenvalue weighted by Crippen LogP contribution is -2.24. The fraction of sp³-hybridized carbons (Fsp3) is 0.0833. The van der Waals surface area contributed by atoms with Crippen molar-refractivity contribution in [2.45, 2.75) is 19.6 Å². The highest BCUT2D eigenvalue weighted by molar-refractivity contribution is 5.57. The van der Waals surface area contributed by atoms with Crippen LogP contribution in [0, 0.1) is 0 Å². The lowest BCUT2D eigenvalue weighted by atomic mass is 10.2. The van der Waals surface area contributed by atoms with Crippen LogP contribution in [0.2, 0.25) is 0 Å². The van der Waals surface area contributed by atoms with Gasteiger partial charge in [-0.2, -0.15) is 0 Å². The van der Waals surface area contributed by atoms with Crippen LogP contribution in [-0.4, -0.2) is 19.9 Å². The molecular formula is C36H33N7. The lowest BCUT2D eigenvalue weighted by molar-refractivity contribution is 0.239. The third-order valence-corrected chi connectivity index (χ3v) is 6.72. The van der Waals surface area contributed by atoms with E-state index in [4.69, 9.17) is 15.0 Å². The van der Waals surface area contributed by atoms with Crippen LogP contribution in [0.3, 0.4) is 0 Å². The Bertz CT molecular complexity index is 1520. The second kappa shape index (κ2) is 13.9. The molecule has 7 nitrogen and oxygen atoms in total. The van der Waals surface area contributed by atoms with Crippen molar-refractivity contribution in [3.05, 3.63) is 163 Å².